The molecule has 0 unspecified atom stereocenters. The molecule has 0 aromatic carbocycles. The molecule has 1 fully saturated rings. The predicted molar refractivity (Wildman–Crippen MR) is 73.3 cm³/mol. The van der Waals surface area contributed by atoms with E-state index in [9.17, 15) is 9.90 Å². The molecule has 0 spiro atoms. The fourth-order valence-corrected chi connectivity index (χ4v) is 2.69. The van der Waals surface area contributed by atoms with E-state index in [2.05, 4.69) is 21.2 Å². The molecule has 0 aliphatic heterocycles. The van der Waals surface area contributed by atoms with Crippen molar-refractivity contribution in [2.75, 3.05) is 11.9 Å². The fraction of sp³-hybridized carbons (Fsp3) is 0.923. The fourth-order valence-electron chi connectivity index (χ4n) is 2.29. The van der Waals surface area contributed by atoms with Crippen LogP contribution in [0.2, 0.25) is 0 Å². The van der Waals surface area contributed by atoms with E-state index in [0.717, 1.165) is 43.9 Å². The molecule has 1 aliphatic carbocycles. The first-order valence-corrected chi connectivity index (χ1v) is 7.83. The van der Waals surface area contributed by atoms with Crippen LogP contribution in [-0.4, -0.2) is 28.5 Å². The molecule has 4 heteroatoms. The molecule has 17 heavy (non-hydrogen) atoms. The Labute approximate surface area is 112 Å². The molecular weight excluding hydrogens is 282 g/mol. The van der Waals surface area contributed by atoms with Crippen LogP contribution in [0.4, 0.5) is 0 Å². The Balaban J connectivity index is 2.20. The Hall–Kier alpha value is -0.0900. The van der Waals surface area contributed by atoms with Crippen LogP contribution in [0, 0.1) is 0 Å². The number of alkyl halides is 1. The zero-order chi connectivity index (χ0) is 12.6. The molecule has 3 nitrogen and oxygen atoms in total. The van der Waals surface area contributed by atoms with Crippen LogP contribution in [0.1, 0.15) is 57.8 Å². The monoisotopic (exact) mass is 305 g/mol. The van der Waals surface area contributed by atoms with Gasteiger partial charge in [-0.2, -0.15) is 0 Å². The summed E-state index contributed by atoms with van der Waals surface area (Å²) in [4.78, 5) is 11.6. The van der Waals surface area contributed by atoms with Gasteiger partial charge in [0.15, 0.2) is 0 Å². The van der Waals surface area contributed by atoms with E-state index in [0.29, 0.717) is 13.0 Å². The van der Waals surface area contributed by atoms with Crippen LogP contribution in [0.25, 0.3) is 0 Å². The first kappa shape index (κ1) is 15.0. The molecule has 0 radical (unpaired) electrons. The first-order chi connectivity index (χ1) is 8.16. The smallest absolute Gasteiger partial charge is 0.220 e. The molecule has 0 saturated heterocycles. The number of hydrogen-bond donors (Lipinski definition) is 2. The Morgan fingerprint density at radius 2 is 1.82 bits per heavy atom. The minimum Gasteiger partial charge on any atom is -0.388 e. The van der Waals surface area contributed by atoms with Crippen molar-refractivity contribution >= 4 is 21.8 Å². The standard InChI is InChI=1S/C13H24BrNO2/c14-10-6-3-7-12(16)15-11-13(17)8-4-1-2-5-9-13/h17H,1-11H2,(H,15,16). The maximum absolute atomic E-state index is 11.6. The van der Waals surface area contributed by atoms with Crippen molar-refractivity contribution in [2.24, 2.45) is 0 Å². The number of unbranched alkanes of at least 4 members (excludes halogenated alkanes) is 1. The zero-order valence-corrected chi connectivity index (χ0v) is 12.1. The van der Waals surface area contributed by atoms with E-state index in [-0.39, 0.29) is 5.91 Å². The Morgan fingerprint density at radius 3 is 2.41 bits per heavy atom. The van der Waals surface area contributed by atoms with Crippen LogP contribution < -0.4 is 5.32 Å². The summed E-state index contributed by atoms with van der Waals surface area (Å²) < 4.78 is 0. The number of hydrogen-bond acceptors (Lipinski definition) is 2. The number of aliphatic hydroxyl groups is 1. The second-order valence-electron chi connectivity index (χ2n) is 5.06. The highest BCUT2D eigenvalue weighted by Crippen LogP contribution is 2.26. The summed E-state index contributed by atoms with van der Waals surface area (Å²) >= 11 is 3.35. The van der Waals surface area contributed by atoms with Gasteiger partial charge in [-0.15, -0.1) is 0 Å². The lowest BCUT2D eigenvalue weighted by Crippen LogP contribution is -2.42. The van der Waals surface area contributed by atoms with Gasteiger partial charge in [-0.25, -0.2) is 0 Å². The highest BCUT2D eigenvalue weighted by Gasteiger charge is 2.28. The molecular formula is C13H24BrNO2. The molecule has 0 bridgehead atoms. The molecule has 0 heterocycles. The van der Waals surface area contributed by atoms with Gasteiger partial charge in [0, 0.05) is 18.3 Å². The minimum absolute atomic E-state index is 0.0728. The Morgan fingerprint density at radius 1 is 1.18 bits per heavy atom. The summed E-state index contributed by atoms with van der Waals surface area (Å²) in [5.74, 6) is 0.0728. The minimum atomic E-state index is -0.651. The average Bonchev–Trinajstić information content (AvgIpc) is 2.53. The molecule has 0 atom stereocenters. The highest BCUT2D eigenvalue weighted by atomic mass is 79.9. The Kier molecular flexibility index (Phi) is 7.12. The number of amides is 1. The van der Waals surface area contributed by atoms with Gasteiger partial charge in [0.2, 0.25) is 5.91 Å². The molecule has 1 amide bonds. The van der Waals surface area contributed by atoms with Gasteiger partial charge in [-0.05, 0) is 25.7 Å². The molecule has 1 rings (SSSR count). The lowest BCUT2D eigenvalue weighted by molar-refractivity contribution is -0.122. The van der Waals surface area contributed by atoms with E-state index in [1.165, 1.54) is 12.8 Å². The van der Waals surface area contributed by atoms with Crippen LogP contribution in [-0.2, 0) is 4.79 Å². The first-order valence-electron chi connectivity index (χ1n) is 6.71. The maximum atomic E-state index is 11.6. The van der Waals surface area contributed by atoms with Crippen molar-refractivity contribution in [3.05, 3.63) is 0 Å². The second kappa shape index (κ2) is 8.09. The van der Waals surface area contributed by atoms with E-state index >= 15 is 0 Å². The van der Waals surface area contributed by atoms with Crippen molar-refractivity contribution in [1.29, 1.82) is 0 Å². The summed E-state index contributed by atoms with van der Waals surface area (Å²) in [7, 11) is 0. The summed E-state index contributed by atoms with van der Waals surface area (Å²) in [6.45, 7) is 0.431. The number of carbonyl (C=O) groups excluding carboxylic acids is 1. The van der Waals surface area contributed by atoms with Gasteiger partial charge in [0.05, 0.1) is 5.60 Å². The average molecular weight is 306 g/mol. The topological polar surface area (TPSA) is 49.3 Å². The van der Waals surface area contributed by atoms with Gasteiger partial charge in [-0.1, -0.05) is 41.6 Å². The van der Waals surface area contributed by atoms with Gasteiger partial charge in [0.25, 0.3) is 0 Å². The van der Waals surface area contributed by atoms with Gasteiger partial charge in [-0.3, -0.25) is 4.79 Å². The summed E-state index contributed by atoms with van der Waals surface area (Å²) in [6.07, 6.45) is 8.74. The van der Waals surface area contributed by atoms with E-state index in [1.807, 2.05) is 0 Å². The van der Waals surface area contributed by atoms with Crippen LogP contribution in [0.5, 0.6) is 0 Å². The second-order valence-corrected chi connectivity index (χ2v) is 5.85. The lowest BCUT2D eigenvalue weighted by Gasteiger charge is -2.26. The van der Waals surface area contributed by atoms with E-state index in [4.69, 9.17) is 0 Å². The third-order valence-electron chi connectivity index (χ3n) is 3.44. The summed E-state index contributed by atoms with van der Waals surface area (Å²) in [6, 6.07) is 0. The third-order valence-corrected chi connectivity index (χ3v) is 4.00. The predicted octanol–water partition coefficient (Wildman–Crippen LogP) is 2.75. The summed E-state index contributed by atoms with van der Waals surface area (Å²) in [5.41, 5.74) is -0.651. The highest BCUT2D eigenvalue weighted by molar-refractivity contribution is 9.09. The van der Waals surface area contributed by atoms with Crippen molar-refractivity contribution < 1.29 is 9.90 Å². The van der Waals surface area contributed by atoms with Crippen molar-refractivity contribution in [3.8, 4) is 0 Å². The van der Waals surface area contributed by atoms with E-state index in [1.54, 1.807) is 0 Å². The van der Waals surface area contributed by atoms with Crippen LogP contribution in [0.15, 0.2) is 0 Å². The molecule has 1 saturated carbocycles. The molecule has 2 N–H and O–H groups in total. The third kappa shape index (κ3) is 6.41. The SMILES string of the molecule is O=C(CCCCBr)NCC1(O)CCCCCC1. The molecule has 1 aliphatic rings. The zero-order valence-electron chi connectivity index (χ0n) is 10.5. The van der Waals surface area contributed by atoms with Crippen molar-refractivity contribution in [1.82, 2.24) is 5.32 Å². The Bertz CT molecular complexity index is 225. The van der Waals surface area contributed by atoms with Crippen molar-refractivity contribution in [2.45, 2.75) is 63.4 Å². The van der Waals surface area contributed by atoms with Gasteiger partial charge >= 0.3 is 0 Å². The van der Waals surface area contributed by atoms with Crippen LogP contribution in [0.3, 0.4) is 0 Å². The molecule has 0 aromatic heterocycles. The number of halogens is 1. The van der Waals surface area contributed by atoms with Crippen molar-refractivity contribution in [3.63, 3.8) is 0 Å². The van der Waals surface area contributed by atoms with Crippen LogP contribution >= 0.6 is 15.9 Å². The maximum Gasteiger partial charge on any atom is 0.220 e. The normalized spacial score (nSPS) is 19.6. The quantitative estimate of drug-likeness (QED) is 0.450. The van der Waals surface area contributed by atoms with E-state index < -0.39 is 5.60 Å². The number of rotatable bonds is 6. The molecule has 0 aromatic rings. The number of carbonyl (C=O) groups is 1. The van der Waals surface area contributed by atoms with Gasteiger partial charge in [0.1, 0.15) is 0 Å². The van der Waals surface area contributed by atoms with Gasteiger partial charge < -0.3 is 10.4 Å². The molecule has 100 valence electrons. The lowest BCUT2D eigenvalue weighted by atomic mass is 9.94. The summed E-state index contributed by atoms with van der Waals surface area (Å²) in [5, 5.41) is 14.2. The largest absolute Gasteiger partial charge is 0.388 e. The number of nitrogens with one attached hydrogen (secondary N) is 1.